The molecule has 1 aromatic carbocycles. The fourth-order valence-corrected chi connectivity index (χ4v) is 2.11. The zero-order valence-electron chi connectivity index (χ0n) is 12.5. The summed E-state index contributed by atoms with van der Waals surface area (Å²) >= 11 is 0. The smallest absolute Gasteiger partial charge is 0.255 e. The van der Waals surface area contributed by atoms with Gasteiger partial charge in [0, 0.05) is 36.6 Å². The van der Waals surface area contributed by atoms with Gasteiger partial charge >= 0.3 is 0 Å². The van der Waals surface area contributed by atoms with Gasteiger partial charge in [-0.15, -0.1) is 0 Å². The number of carbonyl (C=O) groups is 1. The molecule has 1 amide bonds. The van der Waals surface area contributed by atoms with E-state index in [4.69, 9.17) is 10.5 Å². The normalized spacial score (nSPS) is 10.4. The number of anilines is 1. The van der Waals surface area contributed by atoms with Crippen LogP contribution < -0.4 is 15.8 Å². The number of carbonyl (C=O) groups excluding carboxylic acids is 1. The molecular weight excluding hydrogens is 268 g/mol. The molecule has 0 unspecified atom stereocenters. The Labute approximate surface area is 123 Å². The third-order valence-corrected chi connectivity index (χ3v) is 3.34. The molecule has 21 heavy (non-hydrogen) atoms. The molecule has 1 aromatic heterocycles. The number of nitrogens with zero attached hydrogens (tertiary/aromatic N) is 2. The van der Waals surface area contributed by atoms with Crippen molar-refractivity contribution >= 4 is 11.6 Å². The second kappa shape index (κ2) is 6.30. The van der Waals surface area contributed by atoms with Crippen LogP contribution in [0.2, 0.25) is 0 Å². The number of benzene rings is 1. The molecule has 3 N–H and O–H groups in total. The second-order valence-corrected chi connectivity index (χ2v) is 4.91. The van der Waals surface area contributed by atoms with Crippen LogP contribution in [0.25, 0.3) is 0 Å². The van der Waals surface area contributed by atoms with Gasteiger partial charge in [0.1, 0.15) is 5.75 Å². The predicted molar refractivity (Wildman–Crippen MR) is 81.1 cm³/mol. The van der Waals surface area contributed by atoms with Gasteiger partial charge in [-0.05, 0) is 26.0 Å². The van der Waals surface area contributed by atoms with Gasteiger partial charge in [-0.25, -0.2) is 0 Å². The Kier molecular flexibility index (Phi) is 4.47. The Morgan fingerprint density at radius 2 is 2.19 bits per heavy atom. The first-order valence-corrected chi connectivity index (χ1v) is 6.71. The average molecular weight is 288 g/mol. The summed E-state index contributed by atoms with van der Waals surface area (Å²) in [6, 6.07) is 7.43. The Morgan fingerprint density at radius 3 is 2.81 bits per heavy atom. The molecule has 0 saturated heterocycles. The lowest BCUT2D eigenvalue weighted by molar-refractivity contribution is -0.119. The maximum absolute atomic E-state index is 10.7. The Balaban J connectivity index is 2.03. The molecule has 6 nitrogen and oxygen atoms in total. The molecule has 0 saturated carbocycles. The first kappa shape index (κ1) is 14.9. The minimum Gasteiger partial charge on any atom is -0.484 e. The lowest BCUT2D eigenvalue weighted by Gasteiger charge is -2.09. The SMILES string of the molecule is Cc1nn(C)c(C)c1CNc1cccc(OCC(N)=O)c1. The fraction of sp³-hybridized carbons (Fsp3) is 0.333. The molecule has 0 aliphatic rings. The summed E-state index contributed by atoms with van der Waals surface area (Å²) in [6.45, 7) is 4.61. The highest BCUT2D eigenvalue weighted by molar-refractivity contribution is 5.75. The van der Waals surface area contributed by atoms with Crippen LogP contribution in [-0.4, -0.2) is 22.3 Å². The molecule has 112 valence electrons. The van der Waals surface area contributed by atoms with E-state index in [2.05, 4.69) is 10.4 Å². The highest BCUT2D eigenvalue weighted by Gasteiger charge is 2.09. The number of aryl methyl sites for hydroxylation is 2. The molecule has 0 spiro atoms. The van der Waals surface area contributed by atoms with E-state index in [1.54, 1.807) is 6.07 Å². The zero-order chi connectivity index (χ0) is 15.4. The number of amides is 1. The predicted octanol–water partition coefficient (Wildman–Crippen LogP) is 1.51. The number of aromatic nitrogens is 2. The maximum Gasteiger partial charge on any atom is 0.255 e. The van der Waals surface area contributed by atoms with Gasteiger partial charge < -0.3 is 15.8 Å². The van der Waals surface area contributed by atoms with Crippen molar-refractivity contribution in [3.05, 3.63) is 41.2 Å². The summed E-state index contributed by atoms with van der Waals surface area (Å²) in [4.78, 5) is 10.7. The van der Waals surface area contributed by atoms with Crippen molar-refractivity contribution in [2.45, 2.75) is 20.4 Å². The monoisotopic (exact) mass is 288 g/mol. The summed E-state index contributed by atoms with van der Waals surface area (Å²) in [5.41, 5.74) is 9.31. The summed E-state index contributed by atoms with van der Waals surface area (Å²) in [6.07, 6.45) is 0. The number of primary amides is 1. The fourth-order valence-electron chi connectivity index (χ4n) is 2.11. The van der Waals surface area contributed by atoms with Gasteiger partial charge in [-0.2, -0.15) is 5.10 Å². The summed E-state index contributed by atoms with van der Waals surface area (Å²) in [5.74, 6) is 0.119. The standard InChI is InChI=1S/C15H20N4O2/c1-10-14(11(2)19(3)18-10)8-17-12-5-4-6-13(7-12)21-9-15(16)20/h4-7,17H,8-9H2,1-3H3,(H2,16,20). The van der Waals surface area contributed by atoms with Gasteiger partial charge in [0.25, 0.3) is 5.91 Å². The van der Waals surface area contributed by atoms with Crippen LogP contribution >= 0.6 is 0 Å². The van der Waals surface area contributed by atoms with Gasteiger partial charge in [0.2, 0.25) is 0 Å². The van der Waals surface area contributed by atoms with E-state index in [1.165, 1.54) is 5.56 Å². The summed E-state index contributed by atoms with van der Waals surface area (Å²) < 4.78 is 7.15. The molecule has 0 radical (unpaired) electrons. The second-order valence-electron chi connectivity index (χ2n) is 4.91. The summed E-state index contributed by atoms with van der Waals surface area (Å²) in [7, 11) is 1.93. The highest BCUT2D eigenvalue weighted by atomic mass is 16.5. The molecule has 2 aromatic rings. The quantitative estimate of drug-likeness (QED) is 0.844. The van der Waals surface area contributed by atoms with Crippen LogP contribution in [0.1, 0.15) is 17.0 Å². The third kappa shape index (κ3) is 3.75. The first-order chi connectivity index (χ1) is 9.97. The van der Waals surface area contributed by atoms with Crippen molar-refractivity contribution < 1.29 is 9.53 Å². The minimum absolute atomic E-state index is 0.121. The summed E-state index contributed by atoms with van der Waals surface area (Å²) in [5, 5.41) is 7.72. The van der Waals surface area contributed by atoms with E-state index in [0.717, 1.165) is 17.1 Å². The van der Waals surface area contributed by atoms with E-state index < -0.39 is 5.91 Å². The van der Waals surface area contributed by atoms with Crippen molar-refractivity contribution in [1.29, 1.82) is 0 Å². The Morgan fingerprint density at radius 1 is 1.43 bits per heavy atom. The van der Waals surface area contributed by atoms with Crippen LogP contribution in [0.5, 0.6) is 5.75 Å². The lowest BCUT2D eigenvalue weighted by Crippen LogP contribution is -2.20. The van der Waals surface area contributed by atoms with Crippen LogP contribution in [0.3, 0.4) is 0 Å². The molecule has 1 heterocycles. The van der Waals surface area contributed by atoms with E-state index in [-0.39, 0.29) is 6.61 Å². The zero-order valence-corrected chi connectivity index (χ0v) is 12.5. The molecule has 2 rings (SSSR count). The Hall–Kier alpha value is -2.50. The van der Waals surface area contributed by atoms with E-state index in [0.29, 0.717) is 12.3 Å². The topological polar surface area (TPSA) is 82.2 Å². The van der Waals surface area contributed by atoms with Crippen LogP contribution in [0, 0.1) is 13.8 Å². The number of rotatable bonds is 6. The maximum atomic E-state index is 10.7. The minimum atomic E-state index is -0.491. The van der Waals surface area contributed by atoms with Crippen molar-refractivity contribution in [1.82, 2.24) is 9.78 Å². The van der Waals surface area contributed by atoms with E-state index in [1.807, 2.05) is 43.8 Å². The Bertz CT molecular complexity index is 649. The van der Waals surface area contributed by atoms with Crippen molar-refractivity contribution in [3.8, 4) is 5.75 Å². The molecular formula is C15H20N4O2. The average Bonchev–Trinajstić information content (AvgIpc) is 2.68. The van der Waals surface area contributed by atoms with Gasteiger partial charge in [0.05, 0.1) is 5.69 Å². The molecule has 0 aliphatic carbocycles. The number of nitrogens with one attached hydrogen (secondary N) is 1. The van der Waals surface area contributed by atoms with Gasteiger partial charge in [0.15, 0.2) is 6.61 Å². The van der Waals surface area contributed by atoms with E-state index in [9.17, 15) is 4.79 Å². The third-order valence-electron chi connectivity index (χ3n) is 3.34. The lowest BCUT2D eigenvalue weighted by atomic mass is 10.2. The van der Waals surface area contributed by atoms with Gasteiger partial charge in [-0.3, -0.25) is 9.48 Å². The van der Waals surface area contributed by atoms with Gasteiger partial charge in [-0.1, -0.05) is 6.07 Å². The highest BCUT2D eigenvalue weighted by Crippen LogP contribution is 2.19. The first-order valence-electron chi connectivity index (χ1n) is 6.71. The van der Waals surface area contributed by atoms with Crippen molar-refractivity contribution in [2.24, 2.45) is 12.8 Å². The molecule has 0 fully saturated rings. The van der Waals surface area contributed by atoms with Crippen molar-refractivity contribution in [2.75, 3.05) is 11.9 Å². The molecule has 0 aliphatic heterocycles. The number of hydrogen-bond acceptors (Lipinski definition) is 4. The van der Waals surface area contributed by atoms with E-state index >= 15 is 0 Å². The number of ether oxygens (including phenoxy) is 1. The van der Waals surface area contributed by atoms with Crippen LogP contribution in [-0.2, 0) is 18.4 Å². The molecule has 6 heteroatoms. The van der Waals surface area contributed by atoms with Crippen LogP contribution in [0.4, 0.5) is 5.69 Å². The molecule has 0 atom stereocenters. The largest absolute Gasteiger partial charge is 0.484 e. The van der Waals surface area contributed by atoms with Crippen LogP contribution in [0.15, 0.2) is 24.3 Å². The number of nitrogens with two attached hydrogens (primary N) is 1. The number of hydrogen-bond donors (Lipinski definition) is 2. The molecule has 0 bridgehead atoms. The van der Waals surface area contributed by atoms with Crippen molar-refractivity contribution in [3.63, 3.8) is 0 Å².